The molecular weight excluding hydrogens is 298 g/mol. The van der Waals surface area contributed by atoms with Crippen molar-refractivity contribution in [1.29, 1.82) is 0 Å². The van der Waals surface area contributed by atoms with E-state index in [9.17, 15) is 9.59 Å². The Labute approximate surface area is 136 Å². The number of ether oxygens (including phenoxy) is 2. The molecule has 0 spiro atoms. The van der Waals surface area contributed by atoms with Crippen LogP contribution in [0.3, 0.4) is 0 Å². The smallest absolute Gasteiger partial charge is 0.410 e. The van der Waals surface area contributed by atoms with Crippen molar-refractivity contribution >= 4 is 20.1 Å². The summed E-state index contributed by atoms with van der Waals surface area (Å²) in [5.74, 6) is -0.404. The lowest BCUT2D eigenvalue weighted by Gasteiger charge is -2.31. The number of amides is 1. The van der Waals surface area contributed by atoms with Gasteiger partial charge < -0.3 is 9.47 Å². The molecule has 0 heterocycles. The minimum absolute atomic E-state index is 0.0445. The van der Waals surface area contributed by atoms with Crippen LogP contribution >= 0.6 is 0 Å². The fourth-order valence-corrected chi connectivity index (χ4v) is 2.58. The Morgan fingerprint density at radius 3 is 2.00 bits per heavy atom. The zero-order valence-corrected chi connectivity index (χ0v) is 16.6. The quantitative estimate of drug-likeness (QED) is 0.549. The fraction of sp³-hybridized carbons (Fsp3) is 0.875. The Morgan fingerprint density at radius 2 is 1.64 bits per heavy atom. The van der Waals surface area contributed by atoms with E-state index in [-0.39, 0.29) is 11.9 Å². The highest BCUT2D eigenvalue weighted by Crippen LogP contribution is 2.17. The molecule has 130 valence electrons. The predicted octanol–water partition coefficient (Wildman–Crippen LogP) is 3.76. The van der Waals surface area contributed by atoms with E-state index in [2.05, 4.69) is 19.6 Å². The first-order valence-corrected chi connectivity index (χ1v) is 11.6. The molecule has 0 aromatic heterocycles. The number of hydrogen-bond donors (Lipinski definition) is 0. The normalized spacial score (nSPS) is 13.7. The van der Waals surface area contributed by atoms with Crippen LogP contribution in [0.1, 0.15) is 34.6 Å². The number of hydrogen-bond acceptors (Lipinski definition) is 4. The van der Waals surface area contributed by atoms with E-state index >= 15 is 0 Å². The van der Waals surface area contributed by atoms with E-state index in [1.807, 2.05) is 13.8 Å². The molecule has 0 aromatic rings. The monoisotopic (exact) mass is 331 g/mol. The molecule has 1 amide bonds. The van der Waals surface area contributed by atoms with Crippen LogP contribution in [0.25, 0.3) is 0 Å². The average Bonchev–Trinajstić information content (AvgIpc) is 2.24. The van der Waals surface area contributed by atoms with Crippen molar-refractivity contribution in [3.05, 3.63) is 0 Å². The van der Waals surface area contributed by atoms with Crippen molar-refractivity contribution in [2.45, 2.75) is 71.9 Å². The molecule has 0 aliphatic carbocycles. The summed E-state index contributed by atoms with van der Waals surface area (Å²) in [7, 11) is 0.333. The summed E-state index contributed by atoms with van der Waals surface area (Å²) in [4.78, 5) is 25.8. The Kier molecular flexibility index (Phi) is 7.61. The van der Waals surface area contributed by atoms with E-state index in [0.717, 1.165) is 6.04 Å². The van der Waals surface area contributed by atoms with Gasteiger partial charge in [0.05, 0.1) is 6.61 Å². The highest BCUT2D eigenvalue weighted by Gasteiger charge is 2.33. The Hall–Kier alpha value is -1.04. The van der Waals surface area contributed by atoms with Gasteiger partial charge in [0.15, 0.2) is 0 Å². The average molecular weight is 332 g/mol. The summed E-state index contributed by atoms with van der Waals surface area (Å²) >= 11 is 0. The van der Waals surface area contributed by atoms with Crippen molar-refractivity contribution in [1.82, 2.24) is 4.90 Å². The largest absolute Gasteiger partial charge is 0.464 e. The van der Waals surface area contributed by atoms with Crippen molar-refractivity contribution in [2.75, 3.05) is 13.7 Å². The first kappa shape index (κ1) is 21.0. The molecule has 0 unspecified atom stereocenters. The molecule has 0 bridgehead atoms. The van der Waals surface area contributed by atoms with Crippen LogP contribution in [0.2, 0.25) is 25.7 Å². The van der Waals surface area contributed by atoms with Gasteiger partial charge in [-0.1, -0.05) is 33.5 Å². The lowest BCUT2D eigenvalue weighted by atomic mass is 10.0. The van der Waals surface area contributed by atoms with Gasteiger partial charge in [-0.2, -0.15) is 0 Å². The van der Waals surface area contributed by atoms with Gasteiger partial charge in [-0.05, 0) is 32.7 Å². The molecule has 0 radical (unpaired) electrons. The summed E-state index contributed by atoms with van der Waals surface area (Å²) in [6.45, 7) is 16.3. The third-order valence-electron chi connectivity index (χ3n) is 3.07. The molecule has 0 saturated carbocycles. The lowest BCUT2D eigenvalue weighted by Crippen LogP contribution is -2.48. The van der Waals surface area contributed by atoms with Gasteiger partial charge >= 0.3 is 12.1 Å². The molecule has 0 aromatic carbocycles. The van der Waals surface area contributed by atoms with Gasteiger partial charge in [0.1, 0.15) is 11.6 Å². The number of nitrogens with zero attached hydrogens (tertiary/aromatic N) is 1. The van der Waals surface area contributed by atoms with Crippen molar-refractivity contribution in [3.63, 3.8) is 0 Å². The summed E-state index contributed by atoms with van der Waals surface area (Å²) in [5.41, 5.74) is -0.589. The zero-order valence-electron chi connectivity index (χ0n) is 15.6. The van der Waals surface area contributed by atoms with Crippen LogP contribution < -0.4 is 0 Å². The van der Waals surface area contributed by atoms with Gasteiger partial charge in [-0.25, -0.2) is 9.59 Å². The second-order valence-electron chi connectivity index (χ2n) is 8.26. The van der Waals surface area contributed by atoms with Gasteiger partial charge in [0.2, 0.25) is 0 Å². The highest BCUT2D eigenvalue weighted by molar-refractivity contribution is 6.76. The molecule has 1 atom stereocenters. The molecule has 0 rings (SSSR count). The number of likely N-dealkylation sites (N-methyl/N-ethyl adjacent to an activating group) is 1. The van der Waals surface area contributed by atoms with Crippen LogP contribution in [0, 0.1) is 5.92 Å². The molecule has 0 saturated heterocycles. The maximum absolute atomic E-state index is 12.3. The predicted molar refractivity (Wildman–Crippen MR) is 91.7 cm³/mol. The number of rotatable bonds is 6. The topological polar surface area (TPSA) is 55.8 Å². The highest BCUT2D eigenvalue weighted by atomic mass is 28.3. The molecule has 5 nitrogen and oxygen atoms in total. The first-order chi connectivity index (χ1) is 9.74. The maximum Gasteiger partial charge on any atom is 0.410 e. The number of carbonyl (C=O) groups is 2. The van der Waals surface area contributed by atoms with E-state index in [1.54, 1.807) is 27.8 Å². The van der Waals surface area contributed by atoms with Gasteiger partial charge in [-0.15, -0.1) is 0 Å². The summed E-state index contributed by atoms with van der Waals surface area (Å²) in [6.07, 6.45) is -0.506. The Balaban J connectivity index is 4.77. The van der Waals surface area contributed by atoms with Crippen LogP contribution in [0.5, 0.6) is 0 Å². The van der Waals surface area contributed by atoms with Crippen molar-refractivity contribution < 1.29 is 19.1 Å². The molecular formula is C16H33NO4Si. The Morgan fingerprint density at radius 1 is 1.14 bits per heavy atom. The molecule has 0 aliphatic rings. The first-order valence-electron chi connectivity index (χ1n) is 7.87. The zero-order chi connectivity index (χ0) is 17.7. The lowest BCUT2D eigenvalue weighted by molar-refractivity contribution is -0.150. The van der Waals surface area contributed by atoms with E-state index in [1.165, 1.54) is 4.90 Å². The standard InChI is InChI=1S/C16H33NO4Si/c1-12(2)13(14(18)20-10-11-22(7,8)9)17(6)15(19)21-16(3,4)5/h12-13H,10-11H2,1-9H3/t13-/m0/s1. The van der Waals surface area contributed by atoms with Crippen LogP contribution in [0.4, 0.5) is 4.79 Å². The van der Waals surface area contributed by atoms with E-state index < -0.39 is 25.8 Å². The van der Waals surface area contributed by atoms with Gasteiger partial charge in [0.25, 0.3) is 0 Å². The minimum Gasteiger partial charge on any atom is -0.464 e. The second-order valence-corrected chi connectivity index (χ2v) is 13.9. The molecule has 6 heteroatoms. The molecule has 22 heavy (non-hydrogen) atoms. The van der Waals surface area contributed by atoms with Gasteiger partial charge in [-0.3, -0.25) is 4.90 Å². The Bertz CT molecular complexity index is 383. The SMILES string of the molecule is CC(C)[C@@H](C(=O)OCC[Si](C)(C)C)N(C)C(=O)OC(C)(C)C. The fourth-order valence-electron chi connectivity index (χ4n) is 1.87. The summed E-state index contributed by atoms with van der Waals surface area (Å²) < 4.78 is 10.7. The van der Waals surface area contributed by atoms with Crippen LogP contribution in [-0.2, 0) is 14.3 Å². The maximum atomic E-state index is 12.3. The molecule has 0 fully saturated rings. The van der Waals surface area contributed by atoms with Crippen LogP contribution in [0.15, 0.2) is 0 Å². The third kappa shape index (κ3) is 8.41. The summed E-state index contributed by atoms with van der Waals surface area (Å²) in [5, 5.41) is 0. The minimum atomic E-state index is -1.25. The molecule has 0 N–H and O–H groups in total. The number of esters is 1. The molecule has 0 aliphatic heterocycles. The van der Waals surface area contributed by atoms with Gasteiger partial charge in [0, 0.05) is 15.1 Å². The van der Waals surface area contributed by atoms with Crippen molar-refractivity contribution in [2.24, 2.45) is 5.92 Å². The summed E-state index contributed by atoms with van der Waals surface area (Å²) in [6, 6.07) is 0.288. The second kappa shape index (κ2) is 7.99. The van der Waals surface area contributed by atoms with E-state index in [0.29, 0.717) is 6.61 Å². The number of carbonyl (C=O) groups excluding carboxylic acids is 2. The van der Waals surface area contributed by atoms with Crippen LogP contribution in [-0.4, -0.2) is 50.3 Å². The third-order valence-corrected chi connectivity index (χ3v) is 4.77. The van der Waals surface area contributed by atoms with Crippen molar-refractivity contribution in [3.8, 4) is 0 Å². The van der Waals surface area contributed by atoms with E-state index in [4.69, 9.17) is 9.47 Å².